The number of carbonyl (C=O) groups excluding carboxylic acids is 1. The summed E-state index contributed by atoms with van der Waals surface area (Å²) in [5.74, 6) is 0.904. The molecule has 4 heteroatoms. The molecule has 2 aromatic rings. The minimum Gasteiger partial charge on any atom is -0.493 e. The summed E-state index contributed by atoms with van der Waals surface area (Å²) in [5.41, 5.74) is 1.85. The van der Waals surface area contributed by atoms with Gasteiger partial charge in [-0.2, -0.15) is 0 Å². The van der Waals surface area contributed by atoms with E-state index in [9.17, 15) is 4.79 Å². The highest BCUT2D eigenvalue weighted by Gasteiger charge is 2.14. The fourth-order valence-corrected chi connectivity index (χ4v) is 2.89. The number of thiophene rings is 1. The number of hydrogen-bond acceptors (Lipinski definition) is 3. The van der Waals surface area contributed by atoms with Crippen molar-refractivity contribution in [2.75, 3.05) is 13.2 Å². The maximum absolute atomic E-state index is 12.0. The number of fused-ring (bicyclic) bond motifs is 1. The van der Waals surface area contributed by atoms with Gasteiger partial charge >= 0.3 is 0 Å². The van der Waals surface area contributed by atoms with E-state index in [1.54, 1.807) is 11.3 Å². The Morgan fingerprint density at radius 3 is 3.16 bits per heavy atom. The molecule has 1 aliphatic heterocycles. The molecule has 3 rings (SSSR count). The molecule has 0 bridgehead atoms. The lowest BCUT2D eigenvalue weighted by Gasteiger charge is -2.06. The van der Waals surface area contributed by atoms with Gasteiger partial charge in [-0.1, -0.05) is 6.07 Å². The third-order valence-corrected chi connectivity index (χ3v) is 4.12. The Morgan fingerprint density at radius 2 is 2.32 bits per heavy atom. The van der Waals surface area contributed by atoms with Crippen LogP contribution in [0.15, 0.2) is 35.7 Å². The molecule has 98 valence electrons. The van der Waals surface area contributed by atoms with E-state index >= 15 is 0 Å². The molecular weight excluding hydrogens is 258 g/mol. The zero-order chi connectivity index (χ0) is 13.1. The highest BCUT2D eigenvalue weighted by Crippen LogP contribution is 2.25. The lowest BCUT2D eigenvalue weighted by atomic mass is 10.1. The van der Waals surface area contributed by atoms with Crippen LogP contribution < -0.4 is 10.1 Å². The Balaban J connectivity index is 1.58. The van der Waals surface area contributed by atoms with Crippen molar-refractivity contribution in [1.82, 2.24) is 5.32 Å². The van der Waals surface area contributed by atoms with Gasteiger partial charge in [0.25, 0.3) is 5.91 Å². The largest absolute Gasteiger partial charge is 0.493 e. The average Bonchev–Trinajstić information content (AvgIpc) is 3.08. The van der Waals surface area contributed by atoms with Crippen LogP contribution in [-0.2, 0) is 12.8 Å². The van der Waals surface area contributed by atoms with Gasteiger partial charge in [0.15, 0.2) is 0 Å². The molecule has 0 saturated carbocycles. The molecule has 0 unspecified atom stereocenters. The summed E-state index contributed by atoms with van der Waals surface area (Å²) < 4.78 is 5.43. The first-order valence-electron chi connectivity index (χ1n) is 6.39. The normalized spacial score (nSPS) is 12.8. The molecule has 1 aromatic heterocycles. The number of rotatable bonds is 4. The topological polar surface area (TPSA) is 38.3 Å². The lowest BCUT2D eigenvalue weighted by Crippen LogP contribution is -2.25. The SMILES string of the molecule is O=C(NCCc1cccs1)c1ccc2c(c1)CCO2. The molecule has 1 N–H and O–H groups in total. The summed E-state index contributed by atoms with van der Waals surface area (Å²) in [6.45, 7) is 1.39. The smallest absolute Gasteiger partial charge is 0.251 e. The van der Waals surface area contributed by atoms with Crippen LogP contribution in [0.3, 0.4) is 0 Å². The van der Waals surface area contributed by atoms with Crippen molar-refractivity contribution in [3.05, 3.63) is 51.7 Å². The minimum absolute atomic E-state index is 0.00810. The van der Waals surface area contributed by atoms with E-state index in [4.69, 9.17) is 4.74 Å². The second-order valence-electron chi connectivity index (χ2n) is 4.51. The van der Waals surface area contributed by atoms with E-state index in [1.165, 1.54) is 4.88 Å². The van der Waals surface area contributed by atoms with E-state index in [0.717, 1.165) is 36.3 Å². The number of amides is 1. The molecular formula is C15H15NO2S. The second-order valence-corrected chi connectivity index (χ2v) is 5.54. The lowest BCUT2D eigenvalue weighted by molar-refractivity contribution is 0.0954. The maximum Gasteiger partial charge on any atom is 0.251 e. The van der Waals surface area contributed by atoms with E-state index < -0.39 is 0 Å². The van der Waals surface area contributed by atoms with E-state index in [2.05, 4.69) is 16.8 Å². The Kier molecular flexibility index (Phi) is 3.51. The number of nitrogens with one attached hydrogen (secondary N) is 1. The molecule has 1 aromatic carbocycles. The van der Waals surface area contributed by atoms with Crippen molar-refractivity contribution in [2.45, 2.75) is 12.8 Å². The van der Waals surface area contributed by atoms with Crippen LogP contribution in [0.25, 0.3) is 0 Å². The summed E-state index contributed by atoms with van der Waals surface area (Å²) in [5, 5.41) is 5.01. The van der Waals surface area contributed by atoms with Gasteiger partial charge in [0.05, 0.1) is 6.61 Å². The maximum atomic E-state index is 12.0. The first-order chi connectivity index (χ1) is 9.33. The van der Waals surface area contributed by atoms with Gasteiger partial charge in [-0.25, -0.2) is 0 Å². The predicted octanol–water partition coefficient (Wildman–Crippen LogP) is 2.66. The summed E-state index contributed by atoms with van der Waals surface area (Å²) in [7, 11) is 0. The monoisotopic (exact) mass is 273 g/mol. The van der Waals surface area contributed by atoms with Gasteiger partial charge in [-0.05, 0) is 41.6 Å². The number of carbonyl (C=O) groups is 1. The van der Waals surface area contributed by atoms with Crippen LogP contribution >= 0.6 is 11.3 Å². The van der Waals surface area contributed by atoms with Crippen LogP contribution in [0.2, 0.25) is 0 Å². The van der Waals surface area contributed by atoms with Gasteiger partial charge < -0.3 is 10.1 Å². The first kappa shape index (κ1) is 12.2. The fourth-order valence-electron chi connectivity index (χ4n) is 2.18. The van der Waals surface area contributed by atoms with Crippen LogP contribution in [0.4, 0.5) is 0 Å². The molecule has 3 nitrogen and oxygen atoms in total. The molecule has 0 saturated heterocycles. The van der Waals surface area contributed by atoms with Gasteiger partial charge in [0, 0.05) is 23.4 Å². The van der Waals surface area contributed by atoms with Gasteiger partial charge in [-0.15, -0.1) is 11.3 Å². The average molecular weight is 273 g/mol. The molecule has 1 aliphatic rings. The molecule has 0 aliphatic carbocycles. The zero-order valence-corrected chi connectivity index (χ0v) is 11.3. The van der Waals surface area contributed by atoms with Crippen molar-refractivity contribution >= 4 is 17.2 Å². The Hall–Kier alpha value is -1.81. The number of ether oxygens (including phenoxy) is 1. The predicted molar refractivity (Wildman–Crippen MR) is 76.0 cm³/mol. The molecule has 1 amide bonds. The van der Waals surface area contributed by atoms with E-state index in [-0.39, 0.29) is 5.91 Å². The molecule has 0 atom stereocenters. The van der Waals surface area contributed by atoms with Crippen molar-refractivity contribution in [1.29, 1.82) is 0 Å². The quantitative estimate of drug-likeness (QED) is 0.930. The second kappa shape index (κ2) is 5.45. The number of hydrogen-bond donors (Lipinski definition) is 1. The Labute approximate surface area is 116 Å². The van der Waals surface area contributed by atoms with Crippen molar-refractivity contribution in [3.63, 3.8) is 0 Å². The van der Waals surface area contributed by atoms with Crippen LogP contribution in [0.1, 0.15) is 20.8 Å². The van der Waals surface area contributed by atoms with Crippen molar-refractivity contribution in [2.24, 2.45) is 0 Å². The summed E-state index contributed by atoms with van der Waals surface area (Å²) in [4.78, 5) is 13.3. The molecule has 2 heterocycles. The van der Waals surface area contributed by atoms with Gasteiger partial charge in [0.2, 0.25) is 0 Å². The molecule has 19 heavy (non-hydrogen) atoms. The highest BCUT2D eigenvalue weighted by molar-refractivity contribution is 7.09. The first-order valence-corrected chi connectivity index (χ1v) is 7.27. The van der Waals surface area contributed by atoms with Crippen molar-refractivity contribution in [3.8, 4) is 5.75 Å². The molecule has 0 radical (unpaired) electrons. The van der Waals surface area contributed by atoms with E-state index in [1.807, 2.05) is 24.3 Å². The summed E-state index contributed by atoms with van der Waals surface area (Å²) >= 11 is 1.72. The van der Waals surface area contributed by atoms with Gasteiger partial charge in [0.1, 0.15) is 5.75 Å². The Morgan fingerprint density at radius 1 is 1.37 bits per heavy atom. The van der Waals surface area contributed by atoms with Crippen LogP contribution in [-0.4, -0.2) is 19.1 Å². The van der Waals surface area contributed by atoms with Gasteiger partial charge in [-0.3, -0.25) is 4.79 Å². The minimum atomic E-state index is -0.00810. The Bertz CT molecular complexity index is 578. The number of benzene rings is 1. The van der Waals surface area contributed by atoms with Crippen LogP contribution in [0, 0.1) is 0 Å². The fraction of sp³-hybridized carbons (Fsp3) is 0.267. The highest BCUT2D eigenvalue weighted by atomic mass is 32.1. The third kappa shape index (κ3) is 2.79. The summed E-state index contributed by atoms with van der Waals surface area (Å²) in [6.07, 6.45) is 1.78. The standard InChI is InChI=1S/C15H15NO2S/c17-15(16-7-5-13-2-1-9-19-13)12-3-4-14-11(10-12)6-8-18-14/h1-4,9-10H,5-8H2,(H,16,17). The molecule has 0 spiro atoms. The van der Waals surface area contributed by atoms with E-state index in [0.29, 0.717) is 6.54 Å². The zero-order valence-electron chi connectivity index (χ0n) is 10.5. The summed E-state index contributed by atoms with van der Waals surface area (Å²) in [6, 6.07) is 9.76. The third-order valence-electron chi connectivity index (χ3n) is 3.19. The molecule has 0 fully saturated rings. The van der Waals surface area contributed by atoms with Crippen molar-refractivity contribution < 1.29 is 9.53 Å². The van der Waals surface area contributed by atoms with Crippen LogP contribution in [0.5, 0.6) is 5.75 Å².